The molecule has 0 aromatic heterocycles. The summed E-state index contributed by atoms with van der Waals surface area (Å²) in [6.45, 7) is 4.17. The Morgan fingerprint density at radius 2 is 1.19 bits per heavy atom. The minimum atomic E-state index is -4.57. The Bertz CT molecular complexity index is 989. The number of hydrogen-bond acceptors (Lipinski definition) is 4. The quantitative estimate of drug-likeness (QED) is 0.176. The van der Waals surface area contributed by atoms with Crippen LogP contribution < -0.4 is 0 Å². The summed E-state index contributed by atoms with van der Waals surface area (Å²) in [5, 5.41) is 0. The first kappa shape index (κ1) is 25.9. The van der Waals surface area contributed by atoms with Gasteiger partial charge < -0.3 is 4.55 Å². The molecule has 0 saturated heterocycles. The lowest BCUT2D eigenvalue weighted by molar-refractivity contribution is 0.253. The van der Waals surface area contributed by atoms with E-state index in [0.717, 1.165) is 0 Å². The van der Waals surface area contributed by atoms with E-state index in [1.807, 2.05) is 0 Å². The summed E-state index contributed by atoms with van der Waals surface area (Å²) in [4.78, 5) is 0. The van der Waals surface area contributed by atoms with Crippen molar-refractivity contribution >= 4 is 21.3 Å². The molecule has 0 aliphatic carbocycles. The van der Waals surface area contributed by atoms with Crippen LogP contribution in [-0.2, 0) is 43.6 Å². The largest absolute Gasteiger partial charge is 0.726 e. The van der Waals surface area contributed by atoms with E-state index in [1.165, 1.54) is 34.0 Å². The van der Waals surface area contributed by atoms with Crippen molar-refractivity contribution in [3.05, 3.63) is 119 Å². The van der Waals surface area contributed by atoms with E-state index in [0.29, 0.717) is 16.5 Å². The van der Waals surface area contributed by atoms with E-state index in [-0.39, 0.29) is 6.61 Å². The molecule has 0 heterocycles. The molecule has 32 heavy (non-hydrogen) atoms. The normalized spacial score (nSPS) is 10.9. The van der Waals surface area contributed by atoms with Gasteiger partial charge in [-0.1, -0.05) is 96.6 Å². The van der Waals surface area contributed by atoms with Crippen molar-refractivity contribution in [2.75, 3.05) is 5.75 Å². The van der Waals surface area contributed by atoms with E-state index in [2.05, 4.69) is 84.8 Å². The predicted octanol–water partition coefficient (Wildman–Crippen LogP) is 5.63. The first-order chi connectivity index (χ1) is 15.3. The van der Waals surface area contributed by atoms with Crippen LogP contribution in [0.3, 0.4) is 0 Å². The van der Waals surface area contributed by atoms with Gasteiger partial charge >= 0.3 is 0 Å². The Kier molecular flexibility index (Phi) is 11.2. The minimum absolute atomic E-state index is 0.202. The van der Waals surface area contributed by atoms with Crippen LogP contribution in [0.25, 0.3) is 0 Å². The maximum Gasteiger partial charge on any atom is 0.217 e. The highest BCUT2D eigenvalue weighted by molar-refractivity contribution is 7.95. The van der Waals surface area contributed by atoms with Crippen LogP contribution in [0.15, 0.2) is 103 Å². The molecule has 3 aromatic rings. The Morgan fingerprint density at radius 1 is 0.781 bits per heavy atom. The monoisotopic (exact) mass is 470 g/mol. The molecule has 0 fully saturated rings. The lowest BCUT2D eigenvalue weighted by Crippen LogP contribution is -2.12. The van der Waals surface area contributed by atoms with Crippen molar-refractivity contribution in [2.45, 2.75) is 32.0 Å². The van der Waals surface area contributed by atoms with Crippen LogP contribution in [0.4, 0.5) is 0 Å². The summed E-state index contributed by atoms with van der Waals surface area (Å²) < 4.78 is 34.1. The van der Waals surface area contributed by atoms with Crippen molar-refractivity contribution < 1.29 is 17.2 Å². The maximum absolute atomic E-state index is 10.0. The van der Waals surface area contributed by atoms with E-state index in [4.69, 9.17) is 0 Å². The van der Waals surface area contributed by atoms with E-state index in [9.17, 15) is 13.0 Å². The van der Waals surface area contributed by atoms with Crippen LogP contribution in [0.1, 0.15) is 30.5 Å². The van der Waals surface area contributed by atoms with E-state index < -0.39 is 10.4 Å². The lowest BCUT2D eigenvalue weighted by Gasteiger charge is -2.08. The zero-order valence-corrected chi connectivity index (χ0v) is 20.1. The molecule has 0 aliphatic heterocycles. The van der Waals surface area contributed by atoms with Crippen molar-refractivity contribution in [1.29, 1.82) is 0 Å². The van der Waals surface area contributed by atoms with Gasteiger partial charge in [0.15, 0.2) is 0 Å². The summed E-state index contributed by atoms with van der Waals surface area (Å²) in [7, 11) is -4.20. The number of rotatable bonds is 9. The summed E-state index contributed by atoms with van der Waals surface area (Å²) in [6, 6.07) is 30.3. The van der Waals surface area contributed by atoms with Crippen molar-refractivity contribution in [1.82, 2.24) is 0 Å². The molecule has 0 bridgehead atoms. The maximum atomic E-state index is 10.0. The highest BCUT2D eigenvalue weighted by Crippen LogP contribution is 2.16. The molecular weight excluding hydrogens is 440 g/mol. The third-order valence-corrected chi connectivity index (χ3v) is 6.90. The van der Waals surface area contributed by atoms with Crippen molar-refractivity contribution in [3.8, 4) is 0 Å². The van der Waals surface area contributed by atoms with Gasteiger partial charge in [-0.2, -0.15) is 0 Å². The highest BCUT2D eigenvalue weighted by atomic mass is 32.3. The molecule has 0 unspecified atom stereocenters. The molecular formula is C26H30O4S2. The average molecular weight is 471 g/mol. The molecule has 0 atom stereocenters. The second kappa shape index (κ2) is 13.9. The van der Waals surface area contributed by atoms with Crippen molar-refractivity contribution in [3.63, 3.8) is 0 Å². The molecule has 0 aliphatic rings. The Labute approximate surface area is 195 Å². The molecule has 170 valence electrons. The fourth-order valence-electron chi connectivity index (χ4n) is 2.79. The Morgan fingerprint density at radius 3 is 1.56 bits per heavy atom. The summed E-state index contributed by atoms with van der Waals surface area (Å²) in [6.07, 6.45) is 2.38. The van der Waals surface area contributed by atoms with Crippen molar-refractivity contribution in [2.24, 2.45) is 0 Å². The van der Waals surface area contributed by atoms with Gasteiger partial charge in [0.1, 0.15) is 17.3 Å². The second-order valence-corrected chi connectivity index (χ2v) is 10.7. The minimum Gasteiger partial charge on any atom is -0.726 e. The molecule has 0 amide bonds. The first-order valence-corrected chi connectivity index (χ1v) is 13.4. The molecule has 3 rings (SSSR count). The van der Waals surface area contributed by atoms with Crippen LogP contribution in [0.2, 0.25) is 0 Å². The molecule has 0 N–H and O–H groups in total. The average Bonchev–Trinajstić information content (AvgIpc) is 2.78. The van der Waals surface area contributed by atoms with E-state index in [1.54, 1.807) is 30.3 Å². The fourth-order valence-corrected chi connectivity index (χ4v) is 5.30. The smallest absolute Gasteiger partial charge is 0.217 e. The highest BCUT2D eigenvalue weighted by Gasteiger charge is 2.18. The first-order valence-electron chi connectivity index (χ1n) is 10.3. The number of hydrogen-bond donors (Lipinski definition) is 0. The second-order valence-electron chi connectivity index (χ2n) is 7.48. The van der Waals surface area contributed by atoms with Gasteiger partial charge in [-0.3, -0.25) is 4.18 Å². The molecule has 0 spiro atoms. The third kappa shape index (κ3) is 11.9. The van der Waals surface area contributed by atoms with Gasteiger partial charge in [0.2, 0.25) is 10.4 Å². The summed E-state index contributed by atoms with van der Waals surface area (Å²) >= 11 is 0. The van der Waals surface area contributed by atoms with Crippen LogP contribution in [0.5, 0.6) is 0 Å². The van der Waals surface area contributed by atoms with E-state index >= 15 is 0 Å². The standard InChI is InChI=1S/C19H23S.C7H8O4S/c1-17(2)13-14-20(15-18-9-5-3-6-10-18)16-19-11-7-4-8-12-19;8-12(9,10)11-6-7-4-2-1-3-5-7/h3-13H,14-16H2,1-2H3;1-5H,6H2,(H,8,9,10)/q+1;/p-1. The molecule has 0 radical (unpaired) electrons. The topological polar surface area (TPSA) is 66.4 Å². The molecule has 0 saturated carbocycles. The van der Waals surface area contributed by atoms with Gasteiger partial charge in [-0.25, -0.2) is 8.42 Å². The molecule has 3 aromatic carbocycles. The Balaban J connectivity index is 0.000000258. The fraction of sp³-hybridized carbons (Fsp3) is 0.231. The van der Waals surface area contributed by atoms with Gasteiger partial charge in [0.25, 0.3) is 0 Å². The van der Waals surface area contributed by atoms with Gasteiger partial charge in [-0.05, 0) is 25.5 Å². The lowest BCUT2D eigenvalue weighted by atomic mass is 10.2. The third-order valence-electron chi connectivity index (χ3n) is 4.37. The zero-order valence-electron chi connectivity index (χ0n) is 18.5. The van der Waals surface area contributed by atoms with Gasteiger partial charge in [0.05, 0.1) is 6.61 Å². The van der Waals surface area contributed by atoms with Gasteiger partial charge in [0, 0.05) is 22.0 Å². The predicted molar refractivity (Wildman–Crippen MR) is 133 cm³/mol. The summed E-state index contributed by atoms with van der Waals surface area (Å²) in [5.74, 6) is 3.55. The number of allylic oxidation sites excluding steroid dienone is 1. The zero-order chi connectivity index (χ0) is 23.2. The molecule has 6 heteroatoms. The summed E-state index contributed by atoms with van der Waals surface area (Å²) in [5.41, 5.74) is 4.98. The van der Waals surface area contributed by atoms with Crippen LogP contribution in [-0.4, -0.2) is 18.7 Å². The van der Waals surface area contributed by atoms with Crippen LogP contribution >= 0.6 is 0 Å². The molecule has 4 nitrogen and oxygen atoms in total. The van der Waals surface area contributed by atoms with Gasteiger partial charge in [-0.15, -0.1) is 0 Å². The van der Waals surface area contributed by atoms with Crippen LogP contribution in [0, 0.1) is 0 Å². The SMILES string of the molecule is CC(C)=CC[S+](Cc1ccccc1)Cc1ccccc1.O=S(=O)([O-])OCc1ccccc1. The number of benzene rings is 3. The Hall–Kier alpha value is -2.38.